The van der Waals surface area contributed by atoms with Gasteiger partial charge in [0.1, 0.15) is 5.76 Å². The van der Waals surface area contributed by atoms with E-state index in [0.717, 1.165) is 27.9 Å². The highest BCUT2D eigenvalue weighted by molar-refractivity contribution is 9.13. The molecule has 1 atom stereocenters. The van der Waals surface area contributed by atoms with Crippen LogP contribution in [-0.2, 0) is 19.4 Å². The molecule has 100 valence electrons. The first-order valence-electron chi connectivity index (χ1n) is 6.46. The Bertz CT molecular complexity index is 560. The zero-order chi connectivity index (χ0) is 13.2. The third kappa shape index (κ3) is 3.12. The number of benzene rings is 1. The van der Waals surface area contributed by atoms with Gasteiger partial charge in [-0.3, -0.25) is 0 Å². The first kappa shape index (κ1) is 13.4. The van der Waals surface area contributed by atoms with E-state index in [4.69, 9.17) is 4.42 Å². The van der Waals surface area contributed by atoms with Gasteiger partial charge in [0.2, 0.25) is 0 Å². The van der Waals surface area contributed by atoms with Gasteiger partial charge < -0.3 is 9.73 Å². The Morgan fingerprint density at radius 2 is 2.00 bits per heavy atom. The minimum Gasteiger partial charge on any atom is -0.452 e. The zero-order valence-corrected chi connectivity index (χ0v) is 13.6. The lowest BCUT2D eigenvalue weighted by Crippen LogP contribution is -2.33. The maximum Gasteiger partial charge on any atom is 0.183 e. The lowest BCUT2D eigenvalue weighted by molar-refractivity contribution is 0.409. The second-order valence-corrected chi connectivity index (χ2v) is 6.50. The molecule has 1 unspecified atom stereocenters. The summed E-state index contributed by atoms with van der Waals surface area (Å²) < 4.78 is 7.32. The van der Waals surface area contributed by atoms with Crippen molar-refractivity contribution in [2.45, 2.75) is 31.8 Å². The number of hydrogen-bond acceptors (Lipinski definition) is 2. The fourth-order valence-corrected chi connectivity index (χ4v) is 3.25. The van der Waals surface area contributed by atoms with Crippen molar-refractivity contribution in [3.63, 3.8) is 0 Å². The highest BCUT2D eigenvalue weighted by Crippen LogP contribution is 2.27. The van der Waals surface area contributed by atoms with Crippen LogP contribution >= 0.6 is 31.9 Å². The second-order valence-electron chi connectivity index (χ2n) is 4.92. The minimum absolute atomic E-state index is 0.539. The fourth-order valence-electron chi connectivity index (χ4n) is 2.60. The third-order valence-electron chi connectivity index (χ3n) is 3.61. The van der Waals surface area contributed by atoms with Gasteiger partial charge in [0.05, 0.1) is 11.0 Å². The van der Waals surface area contributed by atoms with Gasteiger partial charge in [0.15, 0.2) is 4.67 Å². The molecule has 1 heterocycles. The van der Waals surface area contributed by atoms with Crippen molar-refractivity contribution in [2.75, 3.05) is 0 Å². The molecule has 1 aromatic carbocycles. The lowest BCUT2D eigenvalue weighted by atomic mass is 9.88. The van der Waals surface area contributed by atoms with Crippen LogP contribution in [0.25, 0.3) is 0 Å². The van der Waals surface area contributed by atoms with Crippen LogP contribution in [-0.4, -0.2) is 6.04 Å². The summed E-state index contributed by atoms with van der Waals surface area (Å²) in [6, 6.07) is 11.3. The standard InChI is InChI=1S/C15H15Br2NO/c16-14-8-13(19-15(14)17)9-18-12-6-5-10-3-1-2-4-11(10)7-12/h1-4,8,12,18H,5-7,9H2. The van der Waals surface area contributed by atoms with E-state index >= 15 is 0 Å². The molecule has 1 aliphatic rings. The number of hydrogen-bond donors (Lipinski definition) is 1. The maximum absolute atomic E-state index is 5.58. The van der Waals surface area contributed by atoms with E-state index in [2.05, 4.69) is 61.4 Å². The van der Waals surface area contributed by atoms with Crippen molar-refractivity contribution in [1.82, 2.24) is 5.32 Å². The summed E-state index contributed by atoms with van der Waals surface area (Å²) in [7, 11) is 0. The Kier molecular flexibility index (Phi) is 4.10. The molecule has 1 N–H and O–H groups in total. The van der Waals surface area contributed by atoms with Crippen LogP contribution in [0.4, 0.5) is 0 Å². The van der Waals surface area contributed by atoms with Gasteiger partial charge in [-0.15, -0.1) is 0 Å². The molecule has 3 rings (SSSR count). The van der Waals surface area contributed by atoms with Gasteiger partial charge >= 0.3 is 0 Å². The normalized spacial score (nSPS) is 18.3. The Hall–Kier alpha value is -0.580. The largest absolute Gasteiger partial charge is 0.452 e. The molecule has 1 aliphatic carbocycles. The Morgan fingerprint density at radius 3 is 2.74 bits per heavy atom. The van der Waals surface area contributed by atoms with Crippen molar-refractivity contribution < 1.29 is 4.42 Å². The lowest BCUT2D eigenvalue weighted by Gasteiger charge is -2.25. The molecule has 0 amide bonds. The summed E-state index contributed by atoms with van der Waals surface area (Å²) in [5.74, 6) is 0.956. The average Bonchev–Trinajstić information content (AvgIpc) is 2.75. The summed E-state index contributed by atoms with van der Waals surface area (Å²) in [6.07, 6.45) is 3.47. The van der Waals surface area contributed by atoms with E-state index in [1.165, 1.54) is 24.0 Å². The molecular weight excluding hydrogens is 370 g/mol. The highest BCUT2D eigenvalue weighted by Gasteiger charge is 2.18. The summed E-state index contributed by atoms with van der Waals surface area (Å²) in [6.45, 7) is 0.775. The molecule has 0 fully saturated rings. The first-order chi connectivity index (χ1) is 9.22. The van der Waals surface area contributed by atoms with E-state index in [1.807, 2.05) is 6.07 Å². The molecule has 0 bridgehead atoms. The topological polar surface area (TPSA) is 25.2 Å². The molecule has 0 aliphatic heterocycles. The molecule has 0 saturated carbocycles. The van der Waals surface area contributed by atoms with Crippen molar-refractivity contribution in [3.8, 4) is 0 Å². The molecule has 4 heteroatoms. The first-order valence-corrected chi connectivity index (χ1v) is 8.05. The quantitative estimate of drug-likeness (QED) is 0.845. The van der Waals surface area contributed by atoms with E-state index in [0.29, 0.717) is 6.04 Å². The molecule has 0 spiro atoms. The van der Waals surface area contributed by atoms with Gasteiger partial charge in [-0.05, 0) is 68.3 Å². The van der Waals surface area contributed by atoms with Crippen molar-refractivity contribution in [3.05, 3.63) is 56.4 Å². The second kappa shape index (κ2) is 5.81. The van der Waals surface area contributed by atoms with Crippen molar-refractivity contribution in [2.24, 2.45) is 0 Å². The average molecular weight is 385 g/mol. The molecule has 2 nitrogen and oxygen atoms in total. The number of furan rings is 1. The van der Waals surface area contributed by atoms with Gasteiger partial charge in [-0.25, -0.2) is 0 Å². The maximum atomic E-state index is 5.58. The summed E-state index contributed by atoms with van der Waals surface area (Å²) in [5, 5.41) is 3.58. The molecule has 0 radical (unpaired) electrons. The third-order valence-corrected chi connectivity index (χ3v) is 5.32. The summed E-state index contributed by atoms with van der Waals surface area (Å²) in [5.41, 5.74) is 2.98. The van der Waals surface area contributed by atoms with Gasteiger partial charge in [-0.2, -0.15) is 0 Å². The van der Waals surface area contributed by atoms with Gasteiger partial charge in [0, 0.05) is 6.04 Å². The monoisotopic (exact) mass is 383 g/mol. The van der Waals surface area contributed by atoms with Crippen LogP contribution < -0.4 is 5.32 Å². The fraction of sp³-hybridized carbons (Fsp3) is 0.333. The number of fused-ring (bicyclic) bond motifs is 1. The highest BCUT2D eigenvalue weighted by atomic mass is 79.9. The number of rotatable bonds is 3. The predicted octanol–water partition coefficient (Wildman–Crippen LogP) is 4.45. The summed E-state index contributed by atoms with van der Waals surface area (Å²) in [4.78, 5) is 0. The molecule has 1 aromatic heterocycles. The Labute approximate surface area is 129 Å². The number of halogens is 2. The van der Waals surface area contributed by atoms with Crippen LogP contribution in [0.5, 0.6) is 0 Å². The Morgan fingerprint density at radius 1 is 1.21 bits per heavy atom. The molecule has 0 saturated heterocycles. The predicted molar refractivity (Wildman–Crippen MR) is 83.2 cm³/mol. The van der Waals surface area contributed by atoms with Crippen molar-refractivity contribution in [1.29, 1.82) is 0 Å². The number of nitrogens with one attached hydrogen (secondary N) is 1. The molecule has 19 heavy (non-hydrogen) atoms. The molecule has 2 aromatic rings. The van der Waals surface area contributed by atoms with Gasteiger partial charge in [0.25, 0.3) is 0 Å². The van der Waals surface area contributed by atoms with E-state index < -0.39 is 0 Å². The van der Waals surface area contributed by atoms with Crippen LogP contribution in [0.3, 0.4) is 0 Å². The summed E-state index contributed by atoms with van der Waals surface area (Å²) >= 11 is 6.80. The number of aryl methyl sites for hydroxylation is 1. The Balaban J connectivity index is 1.60. The molecular formula is C15H15Br2NO. The van der Waals surface area contributed by atoms with Crippen LogP contribution in [0.15, 0.2) is 43.9 Å². The van der Waals surface area contributed by atoms with E-state index in [9.17, 15) is 0 Å². The smallest absolute Gasteiger partial charge is 0.183 e. The van der Waals surface area contributed by atoms with Crippen LogP contribution in [0, 0.1) is 0 Å². The zero-order valence-electron chi connectivity index (χ0n) is 10.5. The van der Waals surface area contributed by atoms with Crippen LogP contribution in [0.2, 0.25) is 0 Å². The van der Waals surface area contributed by atoms with Crippen molar-refractivity contribution >= 4 is 31.9 Å². The van der Waals surface area contributed by atoms with E-state index in [-0.39, 0.29) is 0 Å². The van der Waals surface area contributed by atoms with Gasteiger partial charge in [-0.1, -0.05) is 24.3 Å². The SMILES string of the molecule is Brc1cc(CNC2CCc3ccccc3C2)oc1Br. The van der Waals surface area contributed by atoms with Crippen LogP contribution in [0.1, 0.15) is 23.3 Å². The van der Waals surface area contributed by atoms with E-state index in [1.54, 1.807) is 0 Å². The minimum atomic E-state index is 0.539.